The van der Waals surface area contributed by atoms with Gasteiger partial charge in [0, 0.05) is 33.0 Å². The van der Waals surface area contributed by atoms with Gasteiger partial charge in [-0.05, 0) is 57.3 Å². The summed E-state index contributed by atoms with van der Waals surface area (Å²) in [4.78, 5) is 111. The van der Waals surface area contributed by atoms with Crippen molar-refractivity contribution in [2.24, 2.45) is 34.0 Å². The molecule has 0 saturated carbocycles. The lowest BCUT2D eigenvalue weighted by molar-refractivity contribution is -0.142. The molecule has 1 aliphatic rings. The van der Waals surface area contributed by atoms with Gasteiger partial charge >= 0.3 is 0 Å². The summed E-state index contributed by atoms with van der Waals surface area (Å²) in [6, 6.07) is -6.28. The minimum Gasteiger partial charge on any atom is -0.370 e. The van der Waals surface area contributed by atoms with E-state index in [1.54, 1.807) is 27.7 Å². The van der Waals surface area contributed by atoms with Crippen molar-refractivity contribution in [2.75, 3.05) is 19.6 Å². The molecular weight excluding hydrogens is 726 g/mol. The van der Waals surface area contributed by atoms with Crippen molar-refractivity contribution in [2.45, 2.75) is 149 Å². The lowest BCUT2D eigenvalue weighted by Crippen LogP contribution is -2.61. The molecule has 19 heteroatoms. The molecule has 8 amide bonds. The van der Waals surface area contributed by atoms with Crippen LogP contribution in [0.3, 0.4) is 0 Å². The Labute approximate surface area is 330 Å². The van der Waals surface area contributed by atoms with Crippen LogP contribution in [-0.2, 0) is 38.4 Å². The molecule has 8 atom stereocenters. The highest BCUT2D eigenvalue weighted by Gasteiger charge is 2.39. The summed E-state index contributed by atoms with van der Waals surface area (Å²) >= 11 is 0. The summed E-state index contributed by atoms with van der Waals surface area (Å²) in [5.74, 6) is -5.42. The molecule has 1 saturated heterocycles. The van der Waals surface area contributed by atoms with Gasteiger partial charge in [-0.2, -0.15) is 0 Å². The molecule has 1 aliphatic heterocycles. The van der Waals surface area contributed by atoms with E-state index in [0.717, 1.165) is 0 Å². The van der Waals surface area contributed by atoms with Crippen LogP contribution in [0, 0.1) is 11.8 Å². The number of nitrogens with one attached hydrogen (secondary N) is 6. The summed E-state index contributed by atoms with van der Waals surface area (Å²) in [6.07, 6.45) is 2.75. The number of guanidine groups is 1. The number of nitrogens with two attached hydrogens (primary N) is 3. The van der Waals surface area contributed by atoms with Gasteiger partial charge in [-0.1, -0.05) is 53.9 Å². The molecule has 1 rings (SSSR count). The molecule has 19 nitrogen and oxygen atoms in total. The van der Waals surface area contributed by atoms with Crippen LogP contribution in [0.25, 0.3) is 0 Å². The number of hydrogen-bond donors (Lipinski definition) is 9. The Hall–Kier alpha value is -4.97. The first-order valence-corrected chi connectivity index (χ1v) is 19.8. The summed E-state index contributed by atoms with van der Waals surface area (Å²) in [5, 5.41) is 16.2. The van der Waals surface area contributed by atoms with Crippen LogP contribution in [0.5, 0.6) is 0 Å². The van der Waals surface area contributed by atoms with Crippen molar-refractivity contribution in [3.05, 3.63) is 0 Å². The minimum atomic E-state index is -1.28. The normalized spacial score (nSPS) is 17.4. The molecule has 56 heavy (non-hydrogen) atoms. The van der Waals surface area contributed by atoms with Gasteiger partial charge in [-0.25, -0.2) is 0 Å². The Kier molecular flexibility index (Phi) is 22.1. The monoisotopic (exact) mass is 794 g/mol. The van der Waals surface area contributed by atoms with Crippen LogP contribution >= 0.6 is 0 Å². The molecule has 1 heterocycles. The van der Waals surface area contributed by atoms with Gasteiger partial charge in [0.25, 0.3) is 0 Å². The van der Waals surface area contributed by atoms with Gasteiger partial charge in [0.1, 0.15) is 36.3 Å². The average Bonchev–Trinajstić information content (AvgIpc) is 3.64. The van der Waals surface area contributed by atoms with Gasteiger partial charge in [-0.3, -0.25) is 43.3 Å². The Morgan fingerprint density at radius 1 is 0.714 bits per heavy atom. The van der Waals surface area contributed by atoms with Crippen molar-refractivity contribution in [1.82, 2.24) is 36.8 Å². The lowest BCUT2D eigenvalue weighted by Gasteiger charge is -2.31. The van der Waals surface area contributed by atoms with Crippen LogP contribution in [0.2, 0.25) is 0 Å². The molecule has 0 aromatic carbocycles. The molecule has 318 valence electrons. The molecule has 0 aromatic rings. The highest BCUT2D eigenvalue weighted by atomic mass is 16.2. The third-order valence-electron chi connectivity index (χ3n) is 9.92. The smallest absolute Gasteiger partial charge is 0.245 e. The van der Waals surface area contributed by atoms with Crippen molar-refractivity contribution in [1.29, 1.82) is 0 Å². The zero-order valence-electron chi connectivity index (χ0n) is 34.2. The first-order chi connectivity index (χ1) is 26.4. The Balaban J connectivity index is 3.34. The Morgan fingerprint density at radius 3 is 1.77 bits per heavy atom. The second kappa shape index (κ2) is 25.2. The standard InChI is InChI=1S/C37H67N11O8/c1-8-14-24(44-31(51)25(17-18-28(38)50)45-34(54)29(21(5)9-2)43-23(7)49)32(52)47-30(22(6)10-3)35(55)46-26(15-12-19-42-37(39)40)36(56)48-20-13-16-27(48)33(53)41-11-4/h21-22,24-27,29-30H,8-20H2,1-7H3,(H2,38,50)(H,41,53)(H,43,49)(H,44,51)(H,45,54)(H,46,55)(H,47,52)(H4,39,40,42)/t21-,22-,24-,25-,26-,27-,29+,30-/m0/s1. The van der Waals surface area contributed by atoms with Crippen LogP contribution in [-0.4, -0.2) is 114 Å². The van der Waals surface area contributed by atoms with Gasteiger partial charge < -0.3 is 54.0 Å². The number of amides is 8. The molecule has 1 fully saturated rings. The first kappa shape index (κ1) is 49.0. The summed E-state index contributed by atoms with van der Waals surface area (Å²) < 4.78 is 0. The maximum atomic E-state index is 14.0. The number of likely N-dealkylation sites (tertiary alicyclic amines) is 1. The topological polar surface area (TPSA) is 302 Å². The minimum absolute atomic E-state index is 0.122. The van der Waals surface area contributed by atoms with Gasteiger partial charge in [0.05, 0.1) is 0 Å². The summed E-state index contributed by atoms with van der Waals surface area (Å²) in [5.41, 5.74) is 16.3. The number of nitrogens with zero attached hydrogens (tertiary/aromatic N) is 2. The number of carbonyl (C=O) groups excluding carboxylic acids is 8. The predicted molar refractivity (Wildman–Crippen MR) is 211 cm³/mol. The van der Waals surface area contributed by atoms with Crippen LogP contribution in [0.15, 0.2) is 4.99 Å². The molecule has 0 aliphatic carbocycles. The SMILES string of the molecule is CCC[C@H](NC(=O)[C@H](CCC(N)=O)NC(=O)[C@H](NC(C)=O)[C@@H](C)CC)C(=O)N[C@H](C(=O)N[C@@H](CCCN=C(N)N)C(=O)N1CCC[C@H]1C(=O)NCC)[C@@H](C)CC. The van der Waals surface area contributed by atoms with Crippen molar-refractivity contribution < 1.29 is 38.4 Å². The van der Waals surface area contributed by atoms with Crippen LogP contribution in [0.4, 0.5) is 0 Å². The van der Waals surface area contributed by atoms with E-state index in [2.05, 4.69) is 36.9 Å². The maximum absolute atomic E-state index is 14.0. The van der Waals surface area contributed by atoms with Crippen molar-refractivity contribution in [3.8, 4) is 0 Å². The van der Waals surface area contributed by atoms with Crippen LogP contribution in [0.1, 0.15) is 113 Å². The quantitative estimate of drug-likeness (QED) is 0.0301. The van der Waals surface area contributed by atoms with Gasteiger partial charge in [0.2, 0.25) is 47.3 Å². The third-order valence-corrected chi connectivity index (χ3v) is 9.92. The van der Waals surface area contributed by atoms with E-state index in [4.69, 9.17) is 17.2 Å². The molecule has 0 aromatic heterocycles. The average molecular weight is 794 g/mol. The molecule has 0 unspecified atom stereocenters. The Bertz CT molecular complexity index is 1390. The van der Waals surface area contributed by atoms with E-state index in [-0.39, 0.29) is 50.0 Å². The lowest BCUT2D eigenvalue weighted by atomic mass is 9.96. The van der Waals surface area contributed by atoms with E-state index < -0.39 is 83.5 Å². The summed E-state index contributed by atoms with van der Waals surface area (Å²) in [6.45, 7) is 13.0. The van der Waals surface area contributed by atoms with Crippen molar-refractivity contribution >= 4 is 53.2 Å². The van der Waals surface area contributed by atoms with Gasteiger partial charge in [0.15, 0.2) is 5.96 Å². The molecule has 0 spiro atoms. The largest absolute Gasteiger partial charge is 0.370 e. The van der Waals surface area contributed by atoms with E-state index in [9.17, 15) is 38.4 Å². The van der Waals surface area contributed by atoms with E-state index >= 15 is 0 Å². The summed E-state index contributed by atoms with van der Waals surface area (Å²) in [7, 11) is 0. The zero-order chi connectivity index (χ0) is 42.5. The fraction of sp³-hybridized carbons (Fsp3) is 0.757. The second-order valence-corrected chi connectivity index (χ2v) is 14.4. The maximum Gasteiger partial charge on any atom is 0.245 e. The number of rotatable bonds is 25. The molecule has 12 N–H and O–H groups in total. The third kappa shape index (κ3) is 16.4. The number of primary amides is 1. The van der Waals surface area contributed by atoms with Crippen LogP contribution < -0.4 is 49.1 Å². The fourth-order valence-electron chi connectivity index (χ4n) is 6.34. The highest BCUT2D eigenvalue weighted by molar-refractivity contribution is 5.97. The number of hydrogen-bond acceptors (Lipinski definition) is 9. The number of likely N-dealkylation sites (N-methyl/N-ethyl adjacent to an activating group) is 1. The first-order valence-electron chi connectivity index (χ1n) is 19.8. The van der Waals surface area contributed by atoms with E-state index in [1.165, 1.54) is 11.8 Å². The fourth-order valence-corrected chi connectivity index (χ4v) is 6.34. The molecular formula is C37H67N11O8. The second-order valence-electron chi connectivity index (χ2n) is 14.4. The zero-order valence-corrected chi connectivity index (χ0v) is 34.2. The molecule has 0 radical (unpaired) electrons. The van der Waals surface area contributed by atoms with E-state index in [1.807, 2.05) is 13.8 Å². The number of aliphatic imine (C=N–C) groups is 1. The number of carbonyl (C=O) groups is 8. The van der Waals surface area contributed by atoms with Crippen molar-refractivity contribution in [3.63, 3.8) is 0 Å². The van der Waals surface area contributed by atoms with Gasteiger partial charge in [-0.15, -0.1) is 0 Å². The Morgan fingerprint density at radius 2 is 1.25 bits per heavy atom. The highest BCUT2D eigenvalue weighted by Crippen LogP contribution is 2.20. The molecule has 0 bridgehead atoms. The predicted octanol–water partition coefficient (Wildman–Crippen LogP) is -1.23. The van der Waals surface area contributed by atoms with E-state index in [0.29, 0.717) is 51.6 Å².